The van der Waals surface area contributed by atoms with Crippen LogP contribution in [0.3, 0.4) is 0 Å². The SMILES string of the molecule is CC(C)(C)CN1c2ccccc2N(CC(C)(C)C)[Si-]1[Si]([Si](C)(C)C)([Si](C)(C)C)[Si](C)(C)C. The molecule has 0 unspecified atom stereocenters. The van der Waals surface area contributed by atoms with Crippen LogP contribution in [-0.4, -0.2) is 50.6 Å². The summed E-state index contributed by atoms with van der Waals surface area (Å²) >= 11 is 0. The first-order valence-electron chi connectivity index (χ1n) is 12.6. The van der Waals surface area contributed by atoms with E-state index in [1.165, 1.54) is 13.1 Å². The van der Waals surface area contributed by atoms with E-state index in [1.54, 1.807) is 11.4 Å². The van der Waals surface area contributed by atoms with Gasteiger partial charge in [0, 0.05) is 34.1 Å². The number of hydrogen-bond acceptors (Lipinski definition) is 2. The van der Waals surface area contributed by atoms with Crippen LogP contribution in [0.15, 0.2) is 24.3 Å². The van der Waals surface area contributed by atoms with Crippen molar-refractivity contribution in [1.82, 2.24) is 0 Å². The van der Waals surface area contributed by atoms with Crippen LogP contribution >= 0.6 is 0 Å². The van der Waals surface area contributed by atoms with E-state index in [0.717, 1.165) is 0 Å². The van der Waals surface area contributed by atoms with Gasteiger partial charge >= 0.3 is 0 Å². The molecular formula is C25H53N2Si5-. The Morgan fingerprint density at radius 2 is 0.875 bits per heavy atom. The summed E-state index contributed by atoms with van der Waals surface area (Å²) in [4.78, 5) is 0. The summed E-state index contributed by atoms with van der Waals surface area (Å²) in [7, 11) is -5.16. The molecular weight excluding hydrogens is 469 g/mol. The first kappa shape index (κ1) is 28.1. The van der Waals surface area contributed by atoms with Crippen LogP contribution in [0.2, 0.25) is 58.9 Å². The van der Waals surface area contributed by atoms with Gasteiger partial charge in [0.05, 0.1) is 0 Å². The number of benzene rings is 1. The topological polar surface area (TPSA) is 6.48 Å². The van der Waals surface area contributed by atoms with Crippen LogP contribution in [0, 0.1) is 10.8 Å². The predicted octanol–water partition coefficient (Wildman–Crippen LogP) is 7.67. The van der Waals surface area contributed by atoms with Crippen molar-refractivity contribution in [3.05, 3.63) is 24.3 Å². The lowest BCUT2D eigenvalue weighted by atomic mass is 9.96. The molecule has 0 spiro atoms. The summed E-state index contributed by atoms with van der Waals surface area (Å²) in [6.45, 7) is 42.1. The van der Waals surface area contributed by atoms with Gasteiger partial charge in [-0.25, -0.2) is 0 Å². The van der Waals surface area contributed by atoms with Crippen molar-refractivity contribution in [2.75, 3.05) is 22.2 Å². The Morgan fingerprint density at radius 1 is 0.594 bits per heavy atom. The fourth-order valence-corrected chi connectivity index (χ4v) is 135. The van der Waals surface area contributed by atoms with Crippen LogP contribution in [0.1, 0.15) is 41.5 Å². The Kier molecular flexibility index (Phi) is 7.51. The van der Waals surface area contributed by atoms with Gasteiger partial charge in [-0.15, -0.1) is 0 Å². The summed E-state index contributed by atoms with van der Waals surface area (Å²) in [5.41, 5.74) is 3.68. The minimum absolute atomic E-state index is 0.291. The second-order valence-corrected chi connectivity index (χ2v) is 65.2. The zero-order valence-electron chi connectivity index (χ0n) is 24.1. The van der Waals surface area contributed by atoms with Gasteiger partial charge in [-0.1, -0.05) is 119 Å². The fourth-order valence-electron chi connectivity index (χ4n) is 7.35. The molecule has 0 atom stereocenters. The van der Waals surface area contributed by atoms with Crippen molar-refractivity contribution in [2.45, 2.75) is 100 Å². The summed E-state index contributed by atoms with van der Waals surface area (Å²) in [6, 6.07) is 9.48. The Hall–Kier alpha value is -0.0956. The van der Waals surface area contributed by atoms with Gasteiger partial charge in [-0.2, -0.15) is 0 Å². The highest BCUT2D eigenvalue weighted by molar-refractivity contribution is 8.04. The van der Waals surface area contributed by atoms with E-state index in [2.05, 4.69) is 134 Å². The lowest BCUT2D eigenvalue weighted by molar-refractivity contribution is 0.425. The lowest BCUT2D eigenvalue weighted by Gasteiger charge is -2.72. The van der Waals surface area contributed by atoms with Crippen molar-refractivity contribution in [3.63, 3.8) is 0 Å². The molecule has 32 heavy (non-hydrogen) atoms. The van der Waals surface area contributed by atoms with Crippen molar-refractivity contribution in [3.8, 4) is 0 Å². The predicted molar refractivity (Wildman–Crippen MR) is 162 cm³/mol. The van der Waals surface area contributed by atoms with Crippen molar-refractivity contribution in [1.29, 1.82) is 0 Å². The molecule has 0 N–H and O–H groups in total. The van der Waals surface area contributed by atoms with Crippen LogP contribution in [0.4, 0.5) is 11.4 Å². The molecule has 1 aromatic carbocycles. The molecule has 7 heteroatoms. The molecule has 0 aliphatic carbocycles. The molecule has 0 fully saturated rings. The Morgan fingerprint density at radius 3 is 1.09 bits per heavy atom. The maximum Gasteiger partial charge on any atom is 0.0204 e. The third-order valence-electron chi connectivity index (χ3n) is 6.95. The van der Waals surface area contributed by atoms with E-state index < -0.39 is 37.6 Å². The van der Waals surface area contributed by atoms with Crippen molar-refractivity contribution >= 4 is 48.9 Å². The minimum Gasteiger partial charge on any atom is -0.526 e. The molecule has 0 saturated carbocycles. The van der Waals surface area contributed by atoms with Gasteiger partial charge in [0.15, 0.2) is 0 Å². The second kappa shape index (κ2) is 8.53. The summed E-state index contributed by atoms with van der Waals surface area (Å²) in [5, 5.41) is 0. The fraction of sp³-hybridized carbons (Fsp3) is 0.760. The van der Waals surface area contributed by atoms with E-state index >= 15 is 0 Å². The molecule has 0 saturated heterocycles. The summed E-state index contributed by atoms with van der Waals surface area (Å²) in [5.74, 6) is 0. The highest BCUT2D eigenvalue weighted by Gasteiger charge is 2.61. The largest absolute Gasteiger partial charge is 0.526 e. The maximum atomic E-state index is 3.05. The zero-order valence-corrected chi connectivity index (χ0v) is 29.1. The highest BCUT2D eigenvalue weighted by atomic mass is 30.2. The zero-order chi connectivity index (χ0) is 25.1. The van der Waals surface area contributed by atoms with Crippen molar-refractivity contribution in [2.24, 2.45) is 10.8 Å². The van der Waals surface area contributed by atoms with Crippen LogP contribution < -0.4 is 9.13 Å². The van der Waals surface area contributed by atoms with Crippen molar-refractivity contribution < 1.29 is 0 Å². The van der Waals surface area contributed by atoms with E-state index in [-0.39, 0.29) is 0 Å². The molecule has 0 amide bonds. The molecule has 0 bridgehead atoms. The Labute approximate surface area is 206 Å². The number of para-hydroxylation sites is 2. The number of hydrogen-bond donors (Lipinski definition) is 0. The minimum atomic E-state index is -1.62. The number of fused-ring (bicyclic) bond motifs is 1. The number of rotatable bonds is 6. The van der Waals surface area contributed by atoms with Gasteiger partial charge < -0.3 is 9.13 Å². The summed E-state index contributed by atoms with van der Waals surface area (Å²) in [6.07, 6.45) is -1.62. The third kappa shape index (κ3) is 5.11. The van der Waals surface area contributed by atoms with Crippen LogP contribution in [0.25, 0.3) is 0 Å². The Bertz CT molecular complexity index is 725. The van der Waals surface area contributed by atoms with E-state index in [4.69, 9.17) is 0 Å². The molecule has 1 aromatic rings. The Balaban J connectivity index is 2.99. The number of nitrogens with zero attached hydrogens (tertiary/aromatic N) is 2. The maximum absolute atomic E-state index is 3.05. The van der Waals surface area contributed by atoms with Crippen LogP contribution in [0.5, 0.6) is 0 Å². The first-order chi connectivity index (χ1) is 14.0. The molecule has 2 rings (SSSR count). The van der Waals surface area contributed by atoms with E-state index in [9.17, 15) is 0 Å². The molecule has 0 radical (unpaired) electrons. The quantitative estimate of drug-likeness (QED) is 0.354. The average molecular weight is 522 g/mol. The molecule has 0 aromatic heterocycles. The smallest absolute Gasteiger partial charge is 0.0204 e. The van der Waals surface area contributed by atoms with E-state index in [1.807, 2.05) is 0 Å². The molecule has 2 nitrogen and oxygen atoms in total. The molecule has 184 valence electrons. The molecule has 1 heterocycles. The first-order valence-corrected chi connectivity index (χ1v) is 30.5. The lowest BCUT2D eigenvalue weighted by Crippen LogP contribution is -2.94. The normalized spacial score (nSPS) is 17.2. The summed E-state index contributed by atoms with van der Waals surface area (Å²) < 4.78 is 6.10. The van der Waals surface area contributed by atoms with Gasteiger partial charge in [0.25, 0.3) is 0 Å². The highest BCUT2D eigenvalue weighted by Crippen LogP contribution is 2.49. The molecule has 1 aliphatic rings. The van der Waals surface area contributed by atoms with Crippen LogP contribution in [-0.2, 0) is 0 Å². The van der Waals surface area contributed by atoms with Gasteiger partial charge in [0.2, 0.25) is 0 Å². The van der Waals surface area contributed by atoms with Gasteiger partial charge in [-0.05, 0) is 44.7 Å². The number of anilines is 2. The van der Waals surface area contributed by atoms with Gasteiger partial charge in [-0.3, -0.25) is 0 Å². The molecule has 1 aliphatic heterocycles. The standard InChI is InChI=1S/C25H53N2Si5/c1-24(2,3)20-26-22-18-16-17-19-23(22)27(21-25(4,5)6)28(26)32(29(7,8)9,30(10,11)12)31(13,14)15/h16-19H,20-21H2,1-15H3/q-1. The van der Waals surface area contributed by atoms with Gasteiger partial charge in [0.1, 0.15) is 0 Å². The monoisotopic (exact) mass is 521 g/mol. The average Bonchev–Trinajstić information content (AvgIpc) is 2.75. The van der Waals surface area contributed by atoms with E-state index in [0.29, 0.717) is 10.8 Å². The second-order valence-electron chi connectivity index (χ2n) is 15.6. The third-order valence-corrected chi connectivity index (χ3v) is 107.